The van der Waals surface area contributed by atoms with Crippen LogP contribution in [0.15, 0.2) is 10.4 Å². The number of thiazole rings is 1. The average Bonchev–Trinajstić information content (AvgIpc) is 2.98. The predicted octanol–water partition coefficient (Wildman–Crippen LogP) is 3.23. The number of nitrogens with zero attached hydrogens (tertiary/aromatic N) is 4. The molecule has 2 rings (SSSR count). The van der Waals surface area contributed by atoms with Gasteiger partial charge in [0.1, 0.15) is 0 Å². The van der Waals surface area contributed by atoms with E-state index in [2.05, 4.69) is 58.2 Å². The van der Waals surface area contributed by atoms with Crippen LogP contribution in [0.1, 0.15) is 44.3 Å². The highest BCUT2D eigenvalue weighted by Gasteiger charge is 2.20. The lowest BCUT2D eigenvalue weighted by Gasteiger charge is -2.37. The van der Waals surface area contributed by atoms with Gasteiger partial charge in [-0.05, 0) is 5.92 Å². The van der Waals surface area contributed by atoms with Gasteiger partial charge in [0.25, 0.3) is 0 Å². The normalized spacial score (nSPS) is 16.6. The number of aromatic nitrogens is 1. The molecule has 1 fully saturated rings. The van der Waals surface area contributed by atoms with E-state index in [0.29, 0.717) is 5.92 Å². The van der Waals surface area contributed by atoms with Gasteiger partial charge < -0.3 is 10.2 Å². The largest absolute Gasteiger partial charge is 0.351 e. The number of hydrogen-bond donors (Lipinski definition) is 1. The van der Waals surface area contributed by atoms with Crippen molar-refractivity contribution in [2.24, 2.45) is 10.9 Å². The van der Waals surface area contributed by atoms with Crippen LogP contribution in [0, 0.1) is 5.92 Å². The van der Waals surface area contributed by atoms with Gasteiger partial charge in [0.2, 0.25) is 0 Å². The molecule has 0 spiro atoms. The van der Waals surface area contributed by atoms with Gasteiger partial charge in [-0.3, -0.25) is 9.89 Å². The summed E-state index contributed by atoms with van der Waals surface area (Å²) in [5, 5.41) is 6.82. The van der Waals surface area contributed by atoms with Crippen LogP contribution in [0.5, 0.6) is 0 Å². The number of rotatable bonds is 5. The molecule has 0 radical (unpaired) electrons. The molecular weight excluding hydrogens is 433 g/mol. The number of guanidine groups is 1. The first-order chi connectivity index (χ1) is 11.0. The summed E-state index contributed by atoms with van der Waals surface area (Å²) in [6.07, 6.45) is 0. The molecule has 1 N–H and O–H groups in total. The molecule has 1 saturated heterocycles. The Morgan fingerprint density at radius 1 is 1.25 bits per heavy atom. The van der Waals surface area contributed by atoms with Crippen molar-refractivity contribution < 1.29 is 0 Å². The van der Waals surface area contributed by atoms with Gasteiger partial charge >= 0.3 is 0 Å². The van der Waals surface area contributed by atoms with E-state index in [1.165, 1.54) is 11.6 Å². The van der Waals surface area contributed by atoms with Crippen molar-refractivity contribution in [3.63, 3.8) is 0 Å². The van der Waals surface area contributed by atoms with Crippen molar-refractivity contribution in [2.45, 2.75) is 40.2 Å². The second-order valence-electron chi connectivity index (χ2n) is 6.91. The monoisotopic (exact) mass is 465 g/mol. The molecule has 1 aliphatic heterocycles. The second-order valence-corrected chi connectivity index (χ2v) is 7.80. The SMILES string of the molecule is CN=C(NCc1csc(C(C)C)n1)N1CCN(CC(C)C)CC1.I. The van der Waals surface area contributed by atoms with E-state index in [1.807, 2.05) is 7.05 Å². The van der Waals surface area contributed by atoms with Crippen molar-refractivity contribution in [2.75, 3.05) is 39.8 Å². The van der Waals surface area contributed by atoms with Crippen molar-refractivity contribution in [1.29, 1.82) is 0 Å². The molecule has 0 unspecified atom stereocenters. The molecule has 1 aromatic rings. The molecule has 0 atom stereocenters. The molecule has 1 aromatic heterocycles. The van der Waals surface area contributed by atoms with Crippen LogP contribution in [-0.2, 0) is 6.54 Å². The summed E-state index contributed by atoms with van der Waals surface area (Å²) in [6, 6.07) is 0. The Labute approximate surface area is 168 Å². The zero-order valence-corrected chi connectivity index (χ0v) is 18.7. The molecule has 0 aliphatic carbocycles. The van der Waals surface area contributed by atoms with Gasteiger partial charge in [0.05, 0.1) is 17.2 Å². The van der Waals surface area contributed by atoms with Crippen molar-refractivity contribution in [3.8, 4) is 0 Å². The van der Waals surface area contributed by atoms with Gasteiger partial charge in [-0.2, -0.15) is 0 Å². The molecule has 138 valence electrons. The maximum atomic E-state index is 4.68. The van der Waals surface area contributed by atoms with Crippen LogP contribution in [0.2, 0.25) is 0 Å². The molecule has 24 heavy (non-hydrogen) atoms. The Morgan fingerprint density at radius 2 is 1.92 bits per heavy atom. The Bertz CT molecular complexity index is 507. The first kappa shape index (κ1) is 21.6. The zero-order valence-electron chi connectivity index (χ0n) is 15.6. The van der Waals surface area contributed by atoms with Crippen LogP contribution < -0.4 is 5.32 Å². The molecule has 5 nitrogen and oxygen atoms in total. The second kappa shape index (κ2) is 10.6. The van der Waals surface area contributed by atoms with Crippen LogP contribution >= 0.6 is 35.3 Å². The third kappa shape index (κ3) is 6.48. The van der Waals surface area contributed by atoms with Gasteiger partial charge in [-0.25, -0.2) is 4.98 Å². The lowest BCUT2D eigenvalue weighted by atomic mass is 10.2. The smallest absolute Gasteiger partial charge is 0.194 e. The van der Waals surface area contributed by atoms with Crippen molar-refractivity contribution in [3.05, 3.63) is 16.1 Å². The Balaban J connectivity index is 0.00000288. The van der Waals surface area contributed by atoms with Crippen LogP contribution in [0.4, 0.5) is 0 Å². The summed E-state index contributed by atoms with van der Waals surface area (Å²) in [5.41, 5.74) is 1.11. The molecule has 0 bridgehead atoms. The third-order valence-electron chi connectivity index (χ3n) is 4.00. The minimum absolute atomic E-state index is 0. The fourth-order valence-electron chi connectivity index (χ4n) is 2.83. The average molecular weight is 465 g/mol. The van der Waals surface area contributed by atoms with E-state index in [4.69, 9.17) is 0 Å². The lowest BCUT2D eigenvalue weighted by Crippen LogP contribution is -2.52. The highest BCUT2D eigenvalue weighted by Crippen LogP contribution is 2.19. The van der Waals surface area contributed by atoms with Gasteiger partial charge in [-0.15, -0.1) is 35.3 Å². The number of halogens is 1. The predicted molar refractivity (Wildman–Crippen MR) is 115 cm³/mol. The molecule has 2 heterocycles. The summed E-state index contributed by atoms with van der Waals surface area (Å²) in [6.45, 7) is 15.2. The summed E-state index contributed by atoms with van der Waals surface area (Å²) in [4.78, 5) is 14.0. The van der Waals surface area contributed by atoms with E-state index in [9.17, 15) is 0 Å². The Hall–Kier alpha value is -0.410. The zero-order chi connectivity index (χ0) is 16.8. The number of piperazine rings is 1. The first-order valence-electron chi connectivity index (χ1n) is 8.61. The maximum absolute atomic E-state index is 4.68. The summed E-state index contributed by atoms with van der Waals surface area (Å²) in [7, 11) is 1.86. The number of aliphatic imine (C=N–C) groups is 1. The van der Waals surface area contributed by atoms with Gasteiger partial charge in [-0.1, -0.05) is 27.7 Å². The van der Waals surface area contributed by atoms with E-state index in [1.54, 1.807) is 11.3 Å². The lowest BCUT2D eigenvalue weighted by molar-refractivity contribution is 0.164. The minimum Gasteiger partial charge on any atom is -0.351 e. The summed E-state index contributed by atoms with van der Waals surface area (Å²) < 4.78 is 0. The van der Waals surface area contributed by atoms with Crippen molar-refractivity contribution in [1.82, 2.24) is 20.1 Å². The molecule has 0 amide bonds. The van der Waals surface area contributed by atoms with E-state index in [-0.39, 0.29) is 24.0 Å². The summed E-state index contributed by atoms with van der Waals surface area (Å²) in [5.74, 6) is 2.23. The summed E-state index contributed by atoms with van der Waals surface area (Å²) >= 11 is 1.75. The molecule has 0 saturated carbocycles. The number of hydrogen-bond acceptors (Lipinski definition) is 4. The van der Waals surface area contributed by atoms with E-state index in [0.717, 1.165) is 50.3 Å². The Morgan fingerprint density at radius 3 is 2.42 bits per heavy atom. The highest BCUT2D eigenvalue weighted by molar-refractivity contribution is 14.0. The molecule has 1 aliphatic rings. The number of nitrogens with one attached hydrogen (secondary N) is 1. The Kier molecular flexibility index (Phi) is 9.51. The molecule has 7 heteroatoms. The first-order valence-corrected chi connectivity index (χ1v) is 9.49. The standard InChI is InChI=1S/C17H31N5S.HI/c1-13(2)11-21-6-8-22(9-7-21)17(18-5)19-10-15-12-23-16(20-15)14(3)4;/h12-14H,6-11H2,1-5H3,(H,18,19);1H. The van der Waals surface area contributed by atoms with Gasteiger partial charge in [0, 0.05) is 51.1 Å². The van der Waals surface area contributed by atoms with Crippen LogP contribution in [0.25, 0.3) is 0 Å². The fourth-order valence-corrected chi connectivity index (χ4v) is 3.66. The van der Waals surface area contributed by atoms with Gasteiger partial charge in [0.15, 0.2) is 5.96 Å². The third-order valence-corrected chi connectivity index (χ3v) is 5.19. The highest BCUT2D eigenvalue weighted by atomic mass is 127. The van der Waals surface area contributed by atoms with Crippen LogP contribution in [0.3, 0.4) is 0 Å². The molecular formula is C17H32IN5S. The minimum atomic E-state index is 0. The van der Waals surface area contributed by atoms with E-state index < -0.39 is 0 Å². The van der Waals surface area contributed by atoms with E-state index >= 15 is 0 Å². The maximum Gasteiger partial charge on any atom is 0.194 e. The topological polar surface area (TPSA) is 43.8 Å². The fraction of sp³-hybridized carbons (Fsp3) is 0.765. The molecule has 0 aromatic carbocycles. The quantitative estimate of drug-likeness (QED) is 0.412. The van der Waals surface area contributed by atoms with Crippen LogP contribution in [-0.4, -0.2) is 60.5 Å². The van der Waals surface area contributed by atoms with Crippen molar-refractivity contribution >= 4 is 41.3 Å².